The van der Waals surface area contributed by atoms with E-state index in [2.05, 4.69) is 42.0 Å². The van der Waals surface area contributed by atoms with Gasteiger partial charge in [0.25, 0.3) is 0 Å². The van der Waals surface area contributed by atoms with Crippen LogP contribution in [0.3, 0.4) is 0 Å². The monoisotopic (exact) mass is 377 g/mol. The summed E-state index contributed by atoms with van der Waals surface area (Å²) in [4.78, 5) is 0. The number of benzene rings is 2. The first-order valence-corrected chi connectivity index (χ1v) is 9.78. The molecule has 1 N–H and O–H groups in total. The summed E-state index contributed by atoms with van der Waals surface area (Å²) in [6, 6.07) is 12.4. The van der Waals surface area contributed by atoms with Gasteiger partial charge in [0.1, 0.15) is 23.0 Å². The van der Waals surface area contributed by atoms with Gasteiger partial charge in [-0.3, -0.25) is 0 Å². The predicted octanol–water partition coefficient (Wildman–Crippen LogP) is 4.92. The van der Waals surface area contributed by atoms with Crippen LogP contribution in [-0.4, -0.2) is 30.5 Å². The van der Waals surface area contributed by atoms with Gasteiger partial charge < -0.3 is 14.8 Å². The second kappa shape index (κ2) is 7.58. The number of fused-ring (bicyclic) bond motifs is 1. The molecule has 2 heterocycles. The van der Waals surface area contributed by atoms with Crippen molar-refractivity contribution in [1.29, 1.82) is 0 Å². The second-order valence-corrected chi connectivity index (χ2v) is 7.30. The van der Waals surface area contributed by atoms with E-state index in [0.29, 0.717) is 0 Å². The van der Waals surface area contributed by atoms with Gasteiger partial charge in [0.15, 0.2) is 0 Å². The van der Waals surface area contributed by atoms with Crippen LogP contribution in [0.1, 0.15) is 29.5 Å². The molecule has 0 unspecified atom stereocenters. The molecule has 0 spiro atoms. The Hall–Kier alpha value is -2.95. The lowest BCUT2D eigenvalue weighted by atomic mass is 10.0. The van der Waals surface area contributed by atoms with E-state index in [4.69, 9.17) is 14.6 Å². The van der Waals surface area contributed by atoms with Crippen LogP contribution in [-0.2, 0) is 6.42 Å². The zero-order valence-electron chi connectivity index (χ0n) is 17.0. The molecular formula is C23H27N3O2. The van der Waals surface area contributed by atoms with Gasteiger partial charge in [0.05, 0.1) is 25.5 Å². The van der Waals surface area contributed by atoms with Crippen LogP contribution in [0.25, 0.3) is 16.9 Å². The number of methoxy groups -OCH3 is 2. The highest BCUT2D eigenvalue weighted by Gasteiger charge is 2.26. The first kappa shape index (κ1) is 18.4. The first-order chi connectivity index (χ1) is 13.6. The molecule has 4 rings (SSSR count). The molecule has 0 amide bonds. The molecule has 1 aliphatic heterocycles. The summed E-state index contributed by atoms with van der Waals surface area (Å²) in [7, 11) is 3.38. The van der Waals surface area contributed by atoms with E-state index >= 15 is 0 Å². The minimum atomic E-state index is 0.775. The molecule has 3 aromatic rings. The molecule has 1 aliphatic rings. The number of hydrogen-bond donors (Lipinski definition) is 1. The van der Waals surface area contributed by atoms with Crippen molar-refractivity contribution in [3.63, 3.8) is 0 Å². The van der Waals surface area contributed by atoms with Crippen LogP contribution >= 0.6 is 0 Å². The minimum Gasteiger partial charge on any atom is -0.496 e. The Bertz CT molecular complexity index is 985. The Morgan fingerprint density at radius 2 is 1.75 bits per heavy atom. The van der Waals surface area contributed by atoms with Crippen LogP contribution in [0.5, 0.6) is 11.5 Å². The zero-order valence-corrected chi connectivity index (χ0v) is 17.0. The van der Waals surface area contributed by atoms with Gasteiger partial charge >= 0.3 is 0 Å². The smallest absolute Gasteiger partial charge is 0.133 e. The third kappa shape index (κ3) is 3.11. The van der Waals surface area contributed by atoms with Gasteiger partial charge in [-0.1, -0.05) is 18.2 Å². The fourth-order valence-electron chi connectivity index (χ4n) is 3.91. The maximum Gasteiger partial charge on any atom is 0.133 e. The molecule has 2 aromatic carbocycles. The van der Waals surface area contributed by atoms with Crippen LogP contribution in [0.15, 0.2) is 36.4 Å². The van der Waals surface area contributed by atoms with Crippen LogP contribution in [0.4, 0.5) is 5.82 Å². The van der Waals surface area contributed by atoms with Gasteiger partial charge in [0, 0.05) is 12.1 Å². The number of aryl methyl sites for hydroxylation is 2. The fourth-order valence-corrected chi connectivity index (χ4v) is 3.91. The fraction of sp³-hybridized carbons (Fsp3) is 0.348. The second-order valence-electron chi connectivity index (χ2n) is 7.30. The molecule has 5 nitrogen and oxygen atoms in total. The summed E-state index contributed by atoms with van der Waals surface area (Å²) in [5.41, 5.74) is 6.58. The SMILES string of the molecule is COc1cccc(OC)c1-c1nn(-c2cc(C)ccc2C)c2c1CCCCN2. The molecule has 0 saturated carbocycles. The van der Waals surface area contributed by atoms with E-state index in [0.717, 1.165) is 60.1 Å². The number of aromatic nitrogens is 2. The molecule has 0 radical (unpaired) electrons. The summed E-state index contributed by atoms with van der Waals surface area (Å²) in [5, 5.41) is 8.71. The number of ether oxygens (including phenoxy) is 2. The summed E-state index contributed by atoms with van der Waals surface area (Å²) in [6.45, 7) is 5.19. The lowest BCUT2D eigenvalue weighted by molar-refractivity contribution is 0.397. The lowest BCUT2D eigenvalue weighted by Gasteiger charge is -2.12. The Balaban J connectivity index is 2.01. The quantitative estimate of drug-likeness (QED) is 0.701. The average Bonchev–Trinajstić information content (AvgIpc) is 2.89. The predicted molar refractivity (Wildman–Crippen MR) is 113 cm³/mol. The van der Waals surface area contributed by atoms with Crippen molar-refractivity contribution < 1.29 is 9.47 Å². The van der Waals surface area contributed by atoms with Crippen LogP contribution in [0.2, 0.25) is 0 Å². The summed E-state index contributed by atoms with van der Waals surface area (Å²) in [6.07, 6.45) is 3.25. The van der Waals surface area contributed by atoms with Crippen molar-refractivity contribution in [3.8, 4) is 28.4 Å². The van der Waals surface area contributed by atoms with E-state index in [1.165, 1.54) is 16.7 Å². The first-order valence-electron chi connectivity index (χ1n) is 9.78. The Labute approximate surface area is 166 Å². The molecular weight excluding hydrogens is 350 g/mol. The van der Waals surface area contributed by atoms with Crippen molar-refractivity contribution in [2.24, 2.45) is 0 Å². The van der Waals surface area contributed by atoms with E-state index in [1.54, 1.807) is 14.2 Å². The number of anilines is 1. The third-order valence-corrected chi connectivity index (χ3v) is 5.39. The van der Waals surface area contributed by atoms with Gasteiger partial charge in [-0.15, -0.1) is 0 Å². The molecule has 28 heavy (non-hydrogen) atoms. The van der Waals surface area contributed by atoms with Gasteiger partial charge in [-0.05, 0) is 62.4 Å². The van der Waals surface area contributed by atoms with Crippen LogP contribution in [0, 0.1) is 13.8 Å². The molecule has 5 heteroatoms. The summed E-state index contributed by atoms with van der Waals surface area (Å²) >= 11 is 0. The molecule has 0 bridgehead atoms. The molecule has 0 atom stereocenters. The van der Waals surface area contributed by atoms with Crippen LogP contribution < -0.4 is 14.8 Å². The maximum atomic E-state index is 5.67. The highest BCUT2D eigenvalue weighted by atomic mass is 16.5. The van der Waals surface area contributed by atoms with Crippen molar-refractivity contribution in [1.82, 2.24) is 9.78 Å². The van der Waals surface area contributed by atoms with Gasteiger partial charge in [0.2, 0.25) is 0 Å². The summed E-state index contributed by atoms with van der Waals surface area (Å²) in [5.74, 6) is 2.63. The van der Waals surface area contributed by atoms with Gasteiger partial charge in [-0.2, -0.15) is 5.10 Å². The Morgan fingerprint density at radius 3 is 2.46 bits per heavy atom. The molecule has 146 valence electrons. The summed E-state index contributed by atoms with van der Waals surface area (Å²) < 4.78 is 13.4. The number of hydrogen-bond acceptors (Lipinski definition) is 4. The molecule has 0 saturated heterocycles. The molecule has 0 fully saturated rings. The Kier molecular flexibility index (Phi) is 4.99. The topological polar surface area (TPSA) is 48.3 Å². The maximum absolute atomic E-state index is 5.67. The number of nitrogens with zero attached hydrogens (tertiary/aromatic N) is 2. The van der Waals surface area contributed by atoms with Crippen molar-refractivity contribution in [3.05, 3.63) is 53.1 Å². The number of rotatable bonds is 4. The minimum absolute atomic E-state index is 0.775. The lowest BCUT2D eigenvalue weighted by Crippen LogP contribution is -2.08. The third-order valence-electron chi connectivity index (χ3n) is 5.39. The van der Waals surface area contributed by atoms with E-state index in [-0.39, 0.29) is 0 Å². The largest absolute Gasteiger partial charge is 0.496 e. The highest BCUT2D eigenvalue weighted by molar-refractivity contribution is 5.80. The van der Waals surface area contributed by atoms with E-state index < -0.39 is 0 Å². The average molecular weight is 377 g/mol. The van der Waals surface area contributed by atoms with Crippen molar-refractivity contribution in [2.45, 2.75) is 33.1 Å². The Morgan fingerprint density at radius 1 is 1.00 bits per heavy atom. The molecule has 1 aromatic heterocycles. The zero-order chi connectivity index (χ0) is 19.7. The van der Waals surface area contributed by atoms with Crippen molar-refractivity contribution in [2.75, 3.05) is 26.1 Å². The van der Waals surface area contributed by atoms with Gasteiger partial charge in [-0.25, -0.2) is 4.68 Å². The van der Waals surface area contributed by atoms with E-state index in [1.807, 2.05) is 18.2 Å². The number of nitrogens with one attached hydrogen (secondary N) is 1. The van der Waals surface area contributed by atoms with E-state index in [9.17, 15) is 0 Å². The highest BCUT2D eigenvalue weighted by Crippen LogP contribution is 2.43. The standard InChI is InChI=1S/C23H27N3O2/c1-15-11-12-16(2)18(14-15)26-23-17(8-5-6-13-24-23)22(25-26)21-19(27-3)9-7-10-20(21)28-4/h7,9-12,14,24H,5-6,8,13H2,1-4H3. The van der Waals surface area contributed by atoms with Crippen molar-refractivity contribution >= 4 is 5.82 Å². The normalized spacial score (nSPS) is 13.4. The molecule has 0 aliphatic carbocycles.